The summed E-state index contributed by atoms with van der Waals surface area (Å²) in [5.74, 6) is 0.267. The fourth-order valence-corrected chi connectivity index (χ4v) is 6.38. The lowest BCUT2D eigenvalue weighted by atomic mass is 9.97. The quantitative estimate of drug-likeness (QED) is 0.127. The van der Waals surface area contributed by atoms with Crippen molar-refractivity contribution in [1.82, 2.24) is 4.90 Å². The lowest BCUT2D eigenvalue weighted by molar-refractivity contribution is -0.142. The van der Waals surface area contributed by atoms with Gasteiger partial charge in [0.25, 0.3) is 0 Å². The number of carboxylic acids is 1. The average Bonchev–Trinajstić information content (AvgIpc) is 3.45. The van der Waals surface area contributed by atoms with Gasteiger partial charge in [-0.2, -0.15) is 0 Å². The molecule has 47 heavy (non-hydrogen) atoms. The molecule has 8 nitrogen and oxygen atoms in total. The largest absolute Gasteiger partial charge is 0.489 e. The number of fused-ring (bicyclic) bond motifs is 3. The van der Waals surface area contributed by atoms with Crippen molar-refractivity contribution in [2.75, 3.05) is 6.54 Å². The third-order valence-electron chi connectivity index (χ3n) is 8.82. The molecule has 0 amide bonds. The molecule has 0 aliphatic carbocycles. The number of nitrogens with zero attached hydrogens (tertiary/aromatic N) is 1. The highest BCUT2D eigenvalue weighted by Crippen LogP contribution is 2.37. The second-order valence-electron chi connectivity index (χ2n) is 11.9. The van der Waals surface area contributed by atoms with Gasteiger partial charge >= 0.3 is 11.6 Å². The molecule has 1 fully saturated rings. The highest BCUT2D eigenvalue weighted by molar-refractivity contribution is 6.05. The Morgan fingerprint density at radius 3 is 2.51 bits per heavy atom. The summed E-state index contributed by atoms with van der Waals surface area (Å²) in [4.78, 5) is 26.5. The van der Waals surface area contributed by atoms with Crippen molar-refractivity contribution < 1.29 is 28.9 Å². The molecule has 236 valence electrons. The molecular formula is C39H33NO7. The highest BCUT2D eigenvalue weighted by atomic mass is 16.5. The third kappa shape index (κ3) is 6.21. The summed E-state index contributed by atoms with van der Waals surface area (Å²) in [6.45, 7) is 2.83. The van der Waals surface area contributed by atoms with Gasteiger partial charge < -0.3 is 24.1 Å². The molecule has 0 radical (unpaired) electrons. The molecule has 5 aromatic carbocycles. The fraction of sp³-hybridized carbons (Fsp3) is 0.179. The zero-order chi connectivity index (χ0) is 32.5. The summed E-state index contributed by atoms with van der Waals surface area (Å²) in [5.41, 5.74) is 4.96. The van der Waals surface area contributed by atoms with Gasteiger partial charge in [-0.3, -0.25) is 9.69 Å². The van der Waals surface area contributed by atoms with E-state index < -0.39 is 23.7 Å². The Balaban J connectivity index is 1.24. The molecule has 2 N–H and O–H groups in total. The first-order valence-corrected chi connectivity index (χ1v) is 15.5. The molecule has 2 heterocycles. The second kappa shape index (κ2) is 12.7. The van der Waals surface area contributed by atoms with E-state index in [-0.39, 0.29) is 19.5 Å². The van der Waals surface area contributed by atoms with E-state index in [1.54, 1.807) is 11.0 Å². The van der Waals surface area contributed by atoms with Crippen molar-refractivity contribution in [2.45, 2.75) is 38.6 Å². The van der Waals surface area contributed by atoms with Crippen molar-refractivity contribution in [1.29, 1.82) is 0 Å². The number of aliphatic hydroxyl groups is 1. The highest BCUT2D eigenvalue weighted by Gasteiger charge is 2.36. The van der Waals surface area contributed by atoms with E-state index in [1.807, 2.05) is 78.9 Å². The van der Waals surface area contributed by atoms with Crippen LogP contribution in [0.5, 0.6) is 17.2 Å². The lowest BCUT2D eigenvalue weighted by Crippen LogP contribution is -2.35. The van der Waals surface area contributed by atoms with Gasteiger partial charge in [-0.25, -0.2) is 4.79 Å². The number of hydrogen-bond acceptors (Lipinski definition) is 7. The number of aliphatic hydroxyl groups excluding tert-OH is 1. The molecule has 2 atom stereocenters. The molecule has 0 saturated carbocycles. The van der Waals surface area contributed by atoms with Crippen molar-refractivity contribution >= 4 is 27.7 Å². The monoisotopic (exact) mass is 627 g/mol. The number of hydrogen-bond donors (Lipinski definition) is 2. The van der Waals surface area contributed by atoms with Gasteiger partial charge in [-0.1, -0.05) is 84.9 Å². The molecule has 7 rings (SSSR count). The van der Waals surface area contributed by atoms with Crippen LogP contribution in [0.15, 0.2) is 118 Å². The zero-order valence-corrected chi connectivity index (χ0v) is 25.8. The number of carboxylic acid groups (broad SMARTS) is 1. The maximum absolute atomic E-state index is 12.8. The maximum atomic E-state index is 12.8. The number of aliphatic carboxylic acids is 1. The Morgan fingerprint density at radius 2 is 1.68 bits per heavy atom. The lowest BCUT2D eigenvalue weighted by Gasteiger charge is -2.23. The number of carbonyl (C=O) groups is 1. The van der Waals surface area contributed by atoms with Crippen LogP contribution in [0.1, 0.15) is 23.1 Å². The standard InChI is InChI=1S/C39H33NO7/c1-24-28(11-7-13-31(24)25-8-3-2-4-9-25)23-45-30-16-14-27(21-40-22-29(41)18-34(40)39(43)44)35(19-30)46-36-20-37(42)47-38-32-12-6-5-10-26(32)15-17-33(36)38/h2-17,19-20,29,34,41H,18,21-23H2,1H3,(H,43,44)/t29-,34+/m1/s1. The van der Waals surface area contributed by atoms with Gasteiger partial charge in [-0.05, 0) is 46.7 Å². The van der Waals surface area contributed by atoms with Crippen LogP contribution < -0.4 is 15.1 Å². The molecule has 0 unspecified atom stereocenters. The maximum Gasteiger partial charge on any atom is 0.339 e. The summed E-state index contributed by atoms with van der Waals surface area (Å²) < 4.78 is 18.5. The Labute approximate surface area is 271 Å². The van der Waals surface area contributed by atoms with Crippen LogP contribution in [0.3, 0.4) is 0 Å². The van der Waals surface area contributed by atoms with Crippen LogP contribution >= 0.6 is 0 Å². The van der Waals surface area contributed by atoms with Crippen molar-refractivity contribution in [2.24, 2.45) is 0 Å². The molecule has 6 aromatic rings. The fourth-order valence-electron chi connectivity index (χ4n) is 6.38. The van der Waals surface area contributed by atoms with E-state index in [0.29, 0.717) is 40.4 Å². The number of β-amino-alcohol motifs (C(OH)–C–C–N with tert-alkyl or cyclic N) is 1. The molecule has 1 aromatic heterocycles. The van der Waals surface area contributed by atoms with E-state index in [1.165, 1.54) is 6.07 Å². The summed E-state index contributed by atoms with van der Waals surface area (Å²) in [5, 5.41) is 22.4. The number of benzene rings is 5. The second-order valence-corrected chi connectivity index (χ2v) is 11.9. The average molecular weight is 628 g/mol. The van der Waals surface area contributed by atoms with E-state index in [2.05, 4.69) is 25.1 Å². The van der Waals surface area contributed by atoms with Crippen LogP contribution in [0.2, 0.25) is 0 Å². The molecular weight excluding hydrogens is 594 g/mol. The molecule has 0 bridgehead atoms. The van der Waals surface area contributed by atoms with E-state index in [0.717, 1.165) is 33.0 Å². The first kappa shape index (κ1) is 30.2. The van der Waals surface area contributed by atoms with Gasteiger partial charge in [0, 0.05) is 36.5 Å². The third-order valence-corrected chi connectivity index (χ3v) is 8.82. The van der Waals surface area contributed by atoms with Gasteiger partial charge in [0.15, 0.2) is 0 Å². The smallest absolute Gasteiger partial charge is 0.339 e. The molecule has 8 heteroatoms. The molecule has 1 aliphatic heterocycles. The molecule has 1 saturated heterocycles. The predicted molar refractivity (Wildman–Crippen MR) is 180 cm³/mol. The SMILES string of the molecule is Cc1c(COc2ccc(CN3C[C@H](O)C[C@H]3C(=O)O)c(Oc3cc(=O)oc4c3ccc3ccccc34)c2)cccc1-c1ccccc1. The Hall–Kier alpha value is -5.44. The van der Waals surface area contributed by atoms with Crippen molar-refractivity contribution in [3.8, 4) is 28.4 Å². The summed E-state index contributed by atoms with van der Waals surface area (Å²) in [7, 11) is 0. The van der Waals surface area contributed by atoms with E-state index in [9.17, 15) is 19.8 Å². The van der Waals surface area contributed by atoms with Crippen molar-refractivity contribution in [3.05, 3.63) is 136 Å². The first-order valence-electron chi connectivity index (χ1n) is 15.5. The van der Waals surface area contributed by atoms with Crippen LogP contribution in [0.25, 0.3) is 32.9 Å². The normalized spacial score (nSPS) is 16.5. The van der Waals surface area contributed by atoms with Crippen LogP contribution in [-0.4, -0.2) is 39.8 Å². The topological polar surface area (TPSA) is 109 Å². The minimum Gasteiger partial charge on any atom is -0.489 e. The van der Waals surface area contributed by atoms with Crippen LogP contribution in [-0.2, 0) is 17.9 Å². The van der Waals surface area contributed by atoms with Gasteiger partial charge in [0.05, 0.1) is 17.6 Å². The zero-order valence-electron chi connectivity index (χ0n) is 25.8. The van der Waals surface area contributed by atoms with Gasteiger partial charge in [0.2, 0.25) is 0 Å². The summed E-state index contributed by atoms with van der Waals surface area (Å²) >= 11 is 0. The van der Waals surface area contributed by atoms with Crippen LogP contribution in [0.4, 0.5) is 0 Å². The summed E-state index contributed by atoms with van der Waals surface area (Å²) in [6.07, 6.45) is -0.597. The Kier molecular flexibility index (Phi) is 8.20. The number of likely N-dealkylation sites (tertiary alicyclic amines) is 1. The van der Waals surface area contributed by atoms with Gasteiger partial charge in [-0.15, -0.1) is 0 Å². The summed E-state index contributed by atoms with van der Waals surface area (Å²) in [6, 6.07) is 33.7. The number of ether oxygens (including phenoxy) is 2. The van der Waals surface area contributed by atoms with E-state index >= 15 is 0 Å². The van der Waals surface area contributed by atoms with Crippen LogP contribution in [0, 0.1) is 6.92 Å². The number of rotatable bonds is 9. The van der Waals surface area contributed by atoms with Gasteiger partial charge in [0.1, 0.15) is 35.5 Å². The Bertz CT molecular complexity index is 2160. The Morgan fingerprint density at radius 1 is 0.872 bits per heavy atom. The minimum absolute atomic E-state index is 0.144. The molecule has 1 aliphatic rings. The molecule has 0 spiro atoms. The predicted octanol–water partition coefficient (Wildman–Crippen LogP) is 7.31. The van der Waals surface area contributed by atoms with E-state index in [4.69, 9.17) is 13.9 Å². The minimum atomic E-state index is -0.990. The van der Waals surface area contributed by atoms with Crippen molar-refractivity contribution in [3.63, 3.8) is 0 Å². The first-order chi connectivity index (χ1) is 22.8.